The van der Waals surface area contributed by atoms with Crippen LogP contribution in [0.2, 0.25) is 5.02 Å². The third kappa shape index (κ3) is 5.66. The van der Waals surface area contributed by atoms with Gasteiger partial charge in [-0.05, 0) is 50.9 Å². The van der Waals surface area contributed by atoms with Crippen LogP contribution in [0.25, 0.3) is 0 Å². The van der Waals surface area contributed by atoms with Gasteiger partial charge in [0.25, 0.3) is 6.02 Å². The largest absolute Gasteiger partial charge is 0.495 e. The first-order valence-corrected chi connectivity index (χ1v) is 12.0. The van der Waals surface area contributed by atoms with E-state index in [1.54, 1.807) is 19.2 Å². The van der Waals surface area contributed by atoms with Crippen molar-refractivity contribution >= 4 is 23.6 Å². The zero-order chi connectivity index (χ0) is 22.6. The molecule has 32 heavy (non-hydrogen) atoms. The smallest absolute Gasteiger partial charge is 0.295 e. The van der Waals surface area contributed by atoms with Crippen LogP contribution in [0.1, 0.15) is 56.9 Å². The van der Waals surface area contributed by atoms with E-state index >= 15 is 0 Å². The molecule has 4 N–H and O–H groups in total. The van der Waals surface area contributed by atoms with Crippen LogP contribution in [0.4, 0.5) is 0 Å². The summed E-state index contributed by atoms with van der Waals surface area (Å²) in [4.78, 5) is 12.0. The summed E-state index contributed by atoms with van der Waals surface area (Å²) >= 11 is 6.39. The summed E-state index contributed by atoms with van der Waals surface area (Å²) in [5, 5.41) is 7.03. The molecule has 2 aliphatic heterocycles. The van der Waals surface area contributed by atoms with Crippen LogP contribution in [-0.2, 0) is 10.5 Å². The molecule has 1 unspecified atom stereocenters. The molecule has 2 fully saturated rings. The minimum Gasteiger partial charge on any atom is -0.495 e. The second kappa shape index (κ2) is 10.3. The highest BCUT2D eigenvalue weighted by Gasteiger charge is 2.35. The van der Waals surface area contributed by atoms with E-state index < -0.39 is 5.79 Å². The topological polar surface area (TPSA) is 96.5 Å². The Kier molecular flexibility index (Phi) is 7.43. The monoisotopic (exact) mass is 462 g/mol. The number of hydrogen-bond acceptors (Lipinski definition) is 6. The summed E-state index contributed by atoms with van der Waals surface area (Å²) in [6, 6.07) is 6.10. The Hall–Kier alpha value is -2.03. The molecule has 2 heterocycles. The number of methoxy groups -OCH3 is 1. The summed E-state index contributed by atoms with van der Waals surface area (Å²) in [5.74, 6) is -0.0535. The molecule has 0 radical (unpaired) electrons. The predicted molar refractivity (Wildman–Crippen MR) is 128 cm³/mol. The molecule has 4 rings (SSSR count). The van der Waals surface area contributed by atoms with Crippen LogP contribution in [-0.4, -0.2) is 56.3 Å². The average molecular weight is 463 g/mol. The molecule has 0 spiro atoms. The van der Waals surface area contributed by atoms with Gasteiger partial charge in [-0.1, -0.05) is 37.3 Å². The molecule has 1 aliphatic carbocycles. The Morgan fingerprint density at radius 3 is 2.53 bits per heavy atom. The Balaban J connectivity index is 1.61. The van der Waals surface area contributed by atoms with Crippen molar-refractivity contribution in [3.05, 3.63) is 28.8 Å². The van der Waals surface area contributed by atoms with E-state index in [-0.39, 0.29) is 12.1 Å². The lowest BCUT2D eigenvalue weighted by atomic mass is 10.1. The van der Waals surface area contributed by atoms with Gasteiger partial charge in [0.05, 0.1) is 18.2 Å². The third-order valence-corrected chi connectivity index (χ3v) is 6.78. The van der Waals surface area contributed by atoms with Gasteiger partial charge in [-0.15, -0.1) is 0 Å². The maximum Gasteiger partial charge on any atom is 0.295 e. The van der Waals surface area contributed by atoms with Gasteiger partial charge in [-0.25, -0.2) is 4.99 Å². The van der Waals surface area contributed by atoms with E-state index in [2.05, 4.69) is 22.6 Å². The van der Waals surface area contributed by atoms with Gasteiger partial charge in [-0.2, -0.15) is 4.99 Å². The zero-order valence-electron chi connectivity index (χ0n) is 19.1. The van der Waals surface area contributed by atoms with E-state index in [9.17, 15) is 0 Å². The quantitative estimate of drug-likeness (QED) is 0.595. The Labute approximate surface area is 195 Å². The molecule has 176 valence electrons. The molecule has 1 aromatic carbocycles. The van der Waals surface area contributed by atoms with Crippen LogP contribution in [0.15, 0.2) is 28.2 Å². The number of hydrogen-bond donors (Lipinski definition) is 3. The van der Waals surface area contributed by atoms with Crippen molar-refractivity contribution in [2.24, 2.45) is 15.7 Å². The van der Waals surface area contributed by atoms with Crippen molar-refractivity contribution < 1.29 is 9.47 Å². The third-order valence-electron chi connectivity index (χ3n) is 6.48. The molecule has 0 amide bonds. The van der Waals surface area contributed by atoms with Crippen LogP contribution >= 0.6 is 11.6 Å². The molecule has 1 saturated heterocycles. The number of rotatable bonds is 4. The minimum atomic E-state index is -1.24. The molecular formula is C23H35ClN6O2. The van der Waals surface area contributed by atoms with Crippen LogP contribution in [0.5, 0.6) is 5.75 Å². The lowest BCUT2D eigenvalue weighted by molar-refractivity contribution is 0.0977. The zero-order valence-corrected chi connectivity index (χ0v) is 19.8. The van der Waals surface area contributed by atoms with Crippen molar-refractivity contribution in [2.45, 2.75) is 69.3 Å². The number of amidine groups is 1. The number of halogens is 1. The van der Waals surface area contributed by atoms with E-state index in [0.717, 1.165) is 38.8 Å². The van der Waals surface area contributed by atoms with E-state index in [1.165, 1.54) is 25.7 Å². The maximum atomic E-state index is 6.78. The van der Waals surface area contributed by atoms with Crippen LogP contribution < -0.4 is 21.1 Å². The lowest BCUT2D eigenvalue weighted by Gasteiger charge is -2.36. The van der Waals surface area contributed by atoms with Crippen molar-refractivity contribution in [3.63, 3.8) is 0 Å². The highest BCUT2D eigenvalue weighted by molar-refractivity contribution is 6.32. The Morgan fingerprint density at radius 2 is 1.88 bits per heavy atom. The number of nitrogens with two attached hydrogens (primary N) is 1. The number of benzene rings is 1. The molecular weight excluding hydrogens is 428 g/mol. The van der Waals surface area contributed by atoms with Gasteiger partial charge in [0, 0.05) is 18.7 Å². The number of piperidine rings is 1. The highest BCUT2D eigenvalue weighted by Crippen LogP contribution is 2.30. The van der Waals surface area contributed by atoms with Gasteiger partial charge in [0.15, 0.2) is 0 Å². The maximum absolute atomic E-state index is 6.78. The van der Waals surface area contributed by atoms with Crippen molar-refractivity contribution in [1.82, 2.24) is 15.5 Å². The number of aliphatic imine (C=N–C) groups is 2. The van der Waals surface area contributed by atoms with E-state index in [0.29, 0.717) is 28.3 Å². The summed E-state index contributed by atoms with van der Waals surface area (Å²) < 4.78 is 11.6. The molecule has 1 saturated carbocycles. The number of guanidine groups is 1. The fourth-order valence-corrected chi connectivity index (χ4v) is 4.78. The molecule has 0 bridgehead atoms. The fraction of sp³-hybridized carbons (Fsp3) is 0.652. The molecule has 1 aromatic rings. The lowest BCUT2D eigenvalue weighted by Crippen LogP contribution is -2.62. The summed E-state index contributed by atoms with van der Waals surface area (Å²) in [7, 11) is 3.72. The van der Waals surface area contributed by atoms with Crippen molar-refractivity contribution in [3.8, 4) is 5.75 Å². The second-order valence-corrected chi connectivity index (χ2v) is 9.43. The summed E-state index contributed by atoms with van der Waals surface area (Å²) in [6.07, 6.45) is 9.13. The first kappa shape index (κ1) is 23.1. The SMILES string of the molecule is COc1ccc(C2(N)N=C(OC3CCN(C)CC3)NC(=NC3CCCCCC3)N2)cc1Cl. The van der Waals surface area contributed by atoms with Crippen molar-refractivity contribution in [1.29, 1.82) is 0 Å². The van der Waals surface area contributed by atoms with Gasteiger partial charge < -0.3 is 19.7 Å². The van der Waals surface area contributed by atoms with Gasteiger partial charge in [0.2, 0.25) is 11.7 Å². The Bertz CT molecular complexity index is 847. The second-order valence-electron chi connectivity index (χ2n) is 9.03. The van der Waals surface area contributed by atoms with Crippen LogP contribution in [0.3, 0.4) is 0 Å². The molecule has 1 atom stereocenters. The molecule has 3 aliphatic rings. The van der Waals surface area contributed by atoms with Gasteiger partial charge >= 0.3 is 0 Å². The van der Waals surface area contributed by atoms with Gasteiger partial charge in [-0.3, -0.25) is 11.1 Å². The normalized spacial score (nSPS) is 27.2. The first-order chi connectivity index (χ1) is 15.4. The number of ether oxygens (including phenoxy) is 2. The van der Waals surface area contributed by atoms with E-state index in [4.69, 9.17) is 36.8 Å². The van der Waals surface area contributed by atoms with Crippen molar-refractivity contribution in [2.75, 3.05) is 27.2 Å². The summed E-state index contributed by atoms with van der Waals surface area (Å²) in [5.41, 5.74) is 7.49. The standard InChI is InChI=1S/C23H35ClN6O2/c1-30-13-11-18(12-14-30)32-22-27-21(26-17-7-5-3-4-6-8-17)28-23(25,29-22)16-9-10-20(31-2)19(24)15-16/h9-10,15,17-18H,3-8,11-14,25H2,1-2H3,(H2,26,27,28,29). The summed E-state index contributed by atoms with van der Waals surface area (Å²) in [6.45, 7) is 2.00. The van der Waals surface area contributed by atoms with E-state index in [1.807, 2.05) is 6.07 Å². The average Bonchev–Trinajstić information content (AvgIpc) is 3.03. The first-order valence-electron chi connectivity index (χ1n) is 11.7. The predicted octanol–water partition coefficient (Wildman–Crippen LogP) is 3.16. The fourth-order valence-electron chi connectivity index (χ4n) is 4.52. The number of nitrogens with one attached hydrogen (secondary N) is 2. The minimum absolute atomic E-state index is 0.0957. The molecule has 8 nitrogen and oxygen atoms in total. The van der Waals surface area contributed by atoms with Crippen LogP contribution in [0, 0.1) is 0 Å². The number of likely N-dealkylation sites (tertiary alicyclic amines) is 1. The molecule has 9 heteroatoms. The van der Waals surface area contributed by atoms with Gasteiger partial charge in [0.1, 0.15) is 11.9 Å². The molecule has 0 aromatic heterocycles. The number of nitrogens with zero attached hydrogens (tertiary/aromatic N) is 3. The highest BCUT2D eigenvalue weighted by atomic mass is 35.5. The Morgan fingerprint density at radius 1 is 1.16 bits per heavy atom.